The van der Waals surface area contributed by atoms with Gasteiger partial charge < -0.3 is 9.47 Å². The van der Waals surface area contributed by atoms with E-state index >= 15 is 0 Å². The number of carbonyl (C=O) groups is 3. The summed E-state index contributed by atoms with van der Waals surface area (Å²) < 4.78 is 9.26. The van der Waals surface area contributed by atoms with Crippen LogP contribution in [0.1, 0.15) is 19.8 Å². The largest absolute Gasteiger partial charge is 0.449 e. The molecule has 0 fully saturated rings. The minimum atomic E-state index is -0.836. The van der Waals surface area contributed by atoms with Gasteiger partial charge in [-0.1, -0.05) is 6.08 Å². The van der Waals surface area contributed by atoms with Crippen molar-refractivity contribution in [3.63, 3.8) is 0 Å². The number of nitrogens with one attached hydrogen (secondary N) is 1. The molecular weight excluding hydrogens is 226 g/mol. The van der Waals surface area contributed by atoms with E-state index in [1.807, 2.05) is 5.32 Å². The standard InChI is InChI=1S/C11H15NO5/c1-2-16-10(14)12-11(15)17-6-5-8-3-4-9(13)7-8/h3-4,8H,2,5-7H2,1H3,(H,12,14,15). The van der Waals surface area contributed by atoms with Crippen LogP contribution in [-0.4, -0.2) is 31.2 Å². The molecule has 0 saturated carbocycles. The Bertz CT molecular complexity index is 337. The van der Waals surface area contributed by atoms with Gasteiger partial charge in [-0.15, -0.1) is 0 Å². The molecule has 0 saturated heterocycles. The number of carbonyl (C=O) groups excluding carboxylic acids is 3. The van der Waals surface area contributed by atoms with Crippen LogP contribution in [0.25, 0.3) is 0 Å². The van der Waals surface area contributed by atoms with Crippen molar-refractivity contribution < 1.29 is 23.9 Å². The van der Waals surface area contributed by atoms with Crippen LogP contribution in [0.3, 0.4) is 0 Å². The van der Waals surface area contributed by atoms with Gasteiger partial charge in [0.05, 0.1) is 13.2 Å². The molecule has 0 heterocycles. The van der Waals surface area contributed by atoms with E-state index < -0.39 is 12.2 Å². The molecule has 2 amide bonds. The number of amides is 2. The number of rotatable bonds is 4. The van der Waals surface area contributed by atoms with Crippen LogP contribution >= 0.6 is 0 Å². The molecule has 0 aromatic heterocycles. The molecule has 94 valence electrons. The molecule has 17 heavy (non-hydrogen) atoms. The van der Waals surface area contributed by atoms with Crippen LogP contribution in [0.5, 0.6) is 0 Å². The molecule has 1 unspecified atom stereocenters. The summed E-state index contributed by atoms with van der Waals surface area (Å²) in [7, 11) is 0. The molecule has 1 N–H and O–H groups in total. The summed E-state index contributed by atoms with van der Waals surface area (Å²) >= 11 is 0. The number of alkyl carbamates (subject to hydrolysis) is 2. The van der Waals surface area contributed by atoms with Gasteiger partial charge in [0.2, 0.25) is 0 Å². The van der Waals surface area contributed by atoms with Gasteiger partial charge in [0.15, 0.2) is 5.78 Å². The van der Waals surface area contributed by atoms with Crippen LogP contribution in [0.4, 0.5) is 9.59 Å². The molecule has 1 aliphatic carbocycles. The van der Waals surface area contributed by atoms with Gasteiger partial charge >= 0.3 is 12.2 Å². The lowest BCUT2D eigenvalue weighted by Gasteiger charge is -2.08. The fourth-order valence-electron chi connectivity index (χ4n) is 1.43. The van der Waals surface area contributed by atoms with Crippen molar-refractivity contribution >= 4 is 18.0 Å². The summed E-state index contributed by atoms with van der Waals surface area (Å²) in [5, 5.41) is 1.91. The normalized spacial score (nSPS) is 17.9. The highest BCUT2D eigenvalue weighted by Gasteiger charge is 2.16. The molecule has 0 aliphatic heterocycles. The van der Waals surface area contributed by atoms with E-state index in [4.69, 9.17) is 4.74 Å². The maximum absolute atomic E-state index is 11.0. The first-order valence-corrected chi connectivity index (χ1v) is 5.43. The van der Waals surface area contributed by atoms with Crippen LogP contribution < -0.4 is 5.32 Å². The SMILES string of the molecule is CCOC(=O)NC(=O)OCCC1C=CC(=O)C1. The molecule has 1 rings (SSSR count). The summed E-state index contributed by atoms with van der Waals surface area (Å²) in [5.41, 5.74) is 0. The average Bonchev–Trinajstić information content (AvgIpc) is 2.64. The predicted molar refractivity (Wildman–Crippen MR) is 58.4 cm³/mol. The third-order valence-electron chi connectivity index (χ3n) is 2.22. The van der Waals surface area contributed by atoms with Crippen molar-refractivity contribution in [2.75, 3.05) is 13.2 Å². The van der Waals surface area contributed by atoms with Crippen molar-refractivity contribution in [1.82, 2.24) is 5.32 Å². The van der Waals surface area contributed by atoms with E-state index in [0.29, 0.717) is 12.8 Å². The van der Waals surface area contributed by atoms with E-state index in [1.54, 1.807) is 13.0 Å². The topological polar surface area (TPSA) is 81.7 Å². The first-order valence-electron chi connectivity index (χ1n) is 5.43. The van der Waals surface area contributed by atoms with E-state index in [9.17, 15) is 14.4 Å². The number of imide groups is 1. The fraction of sp³-hybridized carbons (Fsp3) is 0.545. The van der Waals surface area contributed by atoms with Gasteiger partial charge in [-0.2, -0.15) is 0 Å². The summed E-state index contributed by atoms with van der Waals surface area (Å²) in [6.45, 7) is 1.98. The summed E-state index contributed by atoms with van der Waals surface area (Å²) in [6, 6.07) is 0. The van der Waals surface area contributed by atoms with E-state index in [1.165, 1.54) is 6.08 Å². The second-order valence-electron chi connectivity index (χ2n) is 3.56. The number of ether oxygens (including phenoxy) is 2. The highest BCUT2D eigenvalue weighted by molar-refractivity contribution is 5.92. The molecule has 0 aromatic carbocycles. The Kier molecular flexibility index (Phi) is 5.19. The highest BCUT2D eigenvalue weighted by atomic mass is 16.6. The Morgan fingerprint density at radius 1 is 1.41 bits per heavy atom. The fourth-order valence-corrected chi connectivity index (χ4v) is 1.43. The van der Waals surface area contributed by atoms with Crippen molar-refractivity contribution in [2.24, 2.45) is 5.92 Å². The Balaban J connectivity index is 2.10. The second kappa shape index (κ2) is 6.67. The molecule has 0 radical (unpaired) electrons. The minimum absolute atomic E-state index is 0.0889. The number of allylic oxidation sites excluding steroid dienone is 2. The Labute approximate surface area is 99.0 Å². The number of ketones is 1. The second-order valence-corrected chi connectivity index (χ2v) is 3.56. The minimum Gasteiger partial charge on any atom is -0.449 e. The highest BCUT2D eigenvalue weighted by Crippen LogP contribution is 2.17. The van der Waals surface area contributed by atoms with Crippen molar-refractivity contribution in [3.05, 3.63) is 12.2 Å². The lowest BCUT2D eigenvalue weighted by Crippen LogP contribution is -2.31. The predicted octanol–water partition coefficient (Wildman–Crippen LogP) is 1.40. The zero-order valence-corrected chi connectivity index (χ0v) is 9.60. The maximum Gasteiger partial charge on any atom is 0.416 e. The van der Waals surface area contributed by atoms with Gasteiger partial charge in [0.25, 0.3) is 0 Å². The monoisotopic (exact) mass is 241 g/mol. The molecule has 0 bridgehead atoms. The zero-order valence-electron chi connectivity index (χ0n) is 9.60. The number of hydrogen-bond donors (Lipinski definition) is 1. The Hall–Kier alpha value is -1.85. The lowest BCUT2D eigenvalue weighted by molar-refractivity contribution is -0.114. The molecule has 0 spiro atoms. The van der Waals surface area contributed by atoms with Crippen molar-refractivity contribution in [3.8, 4) is 0 Å². The third-order valence-corrected chi connectivity index (χ3v) is 2.22. The lowest BCUT2D eigenvalue weighted by atomic mass is 10.1. The molecule has 1 aliphatic rings. The Morgan fingerprint density at radius 2 is 2.12 bits per heavy atom. The maximum atomic E-state index is 11.0. The Morgan fingerprint density at radius 3 is 2.71 bits per heavy atom. The molecule has 0 aromatic rings. The van der Waals surface area contributed by atoms with Gasteiger partial charge in [-0.25, -0.2) is 14.9 Å². The van der Waals surface area contributed by atoms with Crippen LogP contribution in [-0.2, 0) is 14.3 Å². The summed E-state index contributed by atoms with van der Waals surface area (Å²) in [4.78, 5) is 32.8. The summed E-state index contributed by atoms with van der Waals surface area (Å²) in [5.74, 6) is 0.212. The van der Waals surface area contributed by atoms with Crippen LogP contribution in [0, 0.1) is 5.92 Å². The van der Waals surface area contributed by atoms with Crippen LogP contribution in [0.2, 0.25) is 0 Å². The van der Waals surface area contributed by atoms with Gasteiger partial charge in [0.1, 0.15) is 0 Å². The first kappa shape index (κ1) is 13.2. The van der Waals surface area contributed by atoms with E-state index in [0.717, 1.165) is 0 Å². The smallest absolute Gasteiger partial charge is 0.416 e. The molecular formula is C11H15NO5. The van der Waals surface area contributed by atoms with Gasteiger partial charge in [0, 0.05) is 6.42 Å². The number of hydrogen-bond acceptors (Lipinski definition) is 5. The van der Waals surface area contributed by atoms with Crippen LogP contribution in [0.15, 0.2) is 12.2 Å². The zero-order chi connectivity index (χ0) is 12.7. The van der Waals surface area contributed by atoms with Gasteiger partial charge in [-0.05, 0) is 25.3 Å². The van der Waals surface area contributed by atoms with Crippen molar-refractivity contribution in [1.29, 1.82) is 0 Å². The quantitative estimate of drug-likeness (QED) is 0.804. The van der Waals surface area contributed by atoms with Gasteiger partial charge in [-0.3, -0.25) is 4.79 Å². The third kappa shape index (κ3) is 5.14. The molecule has 6 nitrogen and oxygen atoms in total. The average molecular weight is 241 g/mol. The van der Waals surface area contributed by atoms with Crippen molar-refractivity contribution in [2.45, 2.75) is 19.8 Å². The molecule has 1 atom stereocenters. The summed E-state index contributed by atoms with van der Waals surface area (Å²) in [6.07, 6.45) is 2.70. The molecule has 6 heteroatoms. The van der Waals surface area contributed by atoms with E-state index in [2.05, 4.69) is 4.74 Å². The van der Waals surface area contributed by atoms with E-state index in [-0.39, 0.29) is 24.9 Å². The first-order chi connectivity index (χ1) is 8.11.